The van der Waals surface area contributed by atoms with Crippen LogP contribution in [-0.4, -0.2) is 106 Å². The summed E-state index contributed by atoms with van der Waals surface area (Å²) in [5, 5.41) is 49.8. The third-order valence-corrected chi connectivity index (χ3v) is 7.91. The lowest BCUT2D eigenvalue weighted by molar-refractivity contribution is -0.344. The molecule has 0 amide bonds. The molecule has 5 N–H and O–H groups in total. The zero-order valence-electron chi connectivity index (χ0n) is 23.6. The number of methoxy groups -OCH3 is 1. The number of rotatable bonds is 8. The first kappa shape index (κ1) is 31.4. The number of hydrogen-bond donors (Lipinski definition) is 5. The van der Waals surface area contributed by atoms with Gasteiger partial charge in [0.05, 0.1) is 37.0 Å². The molecule has 1 fully saturated rings. The summed E-state index contributed by atoms with van der Waals surface area (Å²) in [5.74, 6) is -3.97. The maximum atomic E-state index is 13.1. The van der Waals surface area contributed by atoms with Gasteiger partial charge in [0.25, 0.3) is 0 Å². The Kier molecular flexibility index (Phi) is 8.92. The number of aliphatic hydroxyl groups is 4. The van der Waals surface area contributed by atoms with Crippen molar-refractivity contribution in [1.29, 1.82) is 0 Å². The van der Waals surface area contributed by atoms with Crippen LogP contribution in [0, 0.1) is 11.8 Å². The summed E-state index contributed by atoms with van der Waals surface area (Å²) in [5.41, 5.74) is -0.852. The van der Waals surface area contributed by atoms with Crippen LogP contribution < -0.4 is 0 Å². The largest absolute Gasteiger partial charge is 0.508 e. The molecule has 1 saturated heterocycles. The second kappa shape index (κ2) is 12.5. The highest BCUT2D eigenvalue weighted by Crippen LogP contribution is 2.51. The minimum atomic E-state index is -1.75. The second-order valence-corrected chi connectivity index (χ2v) is 10.7. The van der Waals surface area contributed by atoms with Crippen LogP contribution in [-0.2, 0) is 42.8 Å². The standard InChI is InChI=1S/C30H32O14/c1-14(41-21(33)8-5-15-3-6-16(32)7-4-15)18-11-30(44-27(18)38)10-9-17-19(26(37)39-2)13-40-28(22(17)30)43-29-25(36)24(35)23(34)20(12-31)42-29/h3-11,13-14,17,20,22-25,28-29,31-32,34-36H,12H2,1-2H3/b8-5+/t14-,17?,20-,22?,23-,24+,25-,28+,29+,30?/m1/s1. The Hall–Kier alpha value is -4.05. The lowest BCUT2D eigenvalue weighted by atomic mass is 9.78. The van der Waals surface area contributed by atoms with Gasteiger partial charge in [-0.15, -0.1) is 0 Å². The van der Waals surface area contributed by atoms with Gasteiger partial charge in [0.15, 0.2) is 11.9 Å². The Morgan fingerprint density at radius 2 is 1.82 bits per heavy atom. The topological polar surface area (TPSA) is 208 Å². The van der Waals surface area contributed by atoms with Crippen molar-refractivity contribution in [2.45, 2.75) is 55.6 Å². The molecule has 3 unspecified atom stereocenters. The number of benzene rings is 1. The molecule has 1 aliphatic carbocycles. The highest BCUT2D eigenvalue weighted by Gasteiger charge is 2.60. The third-order valence-electron chi connectivity index (χ3n) is 7.91. The Morgan fingerprint density at radius 3 is 2.50 bits per heavy atom. The van der Waals surface area contributed by atoms with Gasteiger partial charge in [-0.1, -0.05) is 18.2 Å². The lowest BCUT2D eigenvalue weighted by Crippen LogP contribution is -2.60. The van der Waals surface area contributed by atoms with Gasteiger partial charge in [-0.05, 0) is 42.8 Å². The fourth-order valence-corrected chi connectivity index (χ4v) is 5.59. The number of allylic oxidation sites excluding steroid dienone is 1. The number of phenolic OH excluding ortho intramolecular Hbond substituents is 1. The van der Waals surface area contributed by atoms with E-state index in [2.05, 4.69) is 0 Å². The van der Waals surface area contributed by atoms with E-state index in [0.717, 1.165) is 12.3 Å². The summed E-state index contributed by atoms with van der Waals surface area (Å²) in [6.07, 6.45) is -2.06. The van der Waals surface area contributed by atoms with Crippen LogP contribution in [0.2, 0.25) is 0 Å². The predicted molar refractivity (Wildman–Crippen MR) is 146 cm³/mol. The Balaban J connectivity index is 1.39. The highest BCUT2D eigenvalue weighted by atomic mass is 16.8. The van der Waals surface area contributed by atoms with Crippen molar-refractivity contribution in [3.05, 3.63) is 71.5 Å². The maximum absolute atomic E-state index is 13.1. The van der Waals surface area contributed by atoms with E-state index >= 15 is 0 Å². The number of fused-ring (bicyclic) bond motifs is 2. The normalized spacial score (nSPS) is 35.0. The van der Waals surface area contributed by atoms with E-state index in [1.807, 2.05) is 0 Å². The van der Waals surface area contributed by atoms with E-state index in [1.54, 1.807) is 18.2 Å². The number of esters is 3. The van der Waals surface area contributed by atoms with Crippen LogP contribution >= 0.6 is 0 Å². The van der Waals surface area contributed by atoms with E-state index < -0.39 is 85.1 Å². The van der Waals surface area contributed by atoms with Gasteiger partial charge in [-0.25, -0.2) is 14.4 Å². The van der Waals surface area contributed by atoms with Crippen LogP contribution in [0.25, 0.3) is 6.08 Å². The van der Waals surface area contributed by atoms with Crippen molar-refractivity contribution in [2.24, 2.45) is 11.8 Å². The summed E-state index contributed by atoms with van der Waals surface area (Å²) >= 11 is 0. The molecule has 0 aromatic heterocycles. The molecule has 5 rings (SSSR count). The maximum Gasteiger partial charge on any atom is 0.338 e. The van der Waals surface area contributed by atoms with Crippen molar-refractivity contribution >= 4 is 24.0 Å². The quantitative estimate of drug-likeness (QED) is 0.109. The molecule has 0 bridgehead atoms. The van der Waals surface area contributed by atoms with Crippen molar-refractivity contribution in [3.8, 4) is 5.75 Å². The smallest absolute Gasteiger partial charge is 0.338 e. The van der Waals surface area contributed by atoms with E-state index in [0.29, 0.717) is 5.56 Å². The zero-order chi connectivity index (χ0) is 31.8. The van der Waals surface area contributed by atoms with Crippen LogP contribution in [0.4, 0.5) is 0 Å². The summed E-state index contributed by atoms with van der Waals surface area (Å²) in [6.45, 7) is 0.790. The molecule has 3 heterocycles. The summed E-state index contributed by atoms with van der Waals surface area (Å²) in [6, 6.07) is 6.11. The lowest BCUT2D eigenvalue weighted by Gasteiger charge is -2.44. The minimum absolute atomic E-state index is 0.00226. The van der Waals surface area contributed by atoms with Crippen LogP contribution in [0.15, 0.2) is 66.0 Å². The number of hydrogen-bond acceptors (Lipinski definition) is 14. The molecule has 14 nitrogen and oxygen atoms in total. The Morgan fingerprint density at radius 1 is 1.09 bits per heavy atom. The molecule has 3 aliphatic heterocycles. The number of phenols is 1. The van der Waals surface area contributed by atoms with Crippen molar-refractivity contribution < 1.29 is 68.3 Å². The third kappa shape index (κ3) is 5.87. The van der Waals surface area contributed by atoms with E-state index in [1.165, 1.54) is 44.4 Å². The first-order chi connectivity index (χ1) is 21.0. The molecular formula is C30H32O14. The molecule has 44 heavy (non-hydrogen) atoms. The molecule has 1 spiro atoms. The van der Waals surface area contributed by atoms with Gasteiger partial charge in [-0.3, -0.25) is 0 Å². The van der Waals surface area contributed by atoms with Crippen LogP contribution in [0.3, 0.4) is 0 Å². The number of carbonyl (C=O) groups is 3. The summed E-state index contributed by atoms with van der Waals surface area (Å²) in [7, 11) is 1.18. The second-order valence-electron chi connectivity index (χ2n) is 10.7. The monoisotopic (exact) mass is 616 g/mol. The predicted octanol–water partition coefficient (Wildman–Crippen LogP) is -0.409. The van der Waals surface area contributed by atoms with Crippen LogP contribution in [0.5, 0.6) is 5.75 Å². The Labute approximate surface area is 251 Å². The highest BCUT2D eigenvalue weighted by molar-refractivity contribution is 5.95. The summed E-state index contributed by atoms with van der Waals surface area (Å²) < 4.78 is 33.2. The molecule has 0 saturated carbocycles. The molecule has 1 aromatic rings. The summed E-state index contributed by atoms with van der Waals surface area (Å²) in [4.78, 5) is 38.2. The molecule has 4 aliphatic rings. The Bertz CT molecular complexity index is 1390. The van der Waals surface area contributed by atoms with Crippen molar-refractivity contribution in [2.75, 3.05) is 13.7 Å². The number of aliphatic hydroxyl groups excluding tert-OH is 4. The average molecular weight is 617 g/mol. The fourth-order valence-electron chi connectivity index (χ4n) is 5.59. The van der Waals surface area contributed by atoms with Gasteiger partial charge >= 0.3 is 17.9 Å². The number of carbonyl (C=O) groups excluding carboxylic acids is 3. The van der Waals surface area contributed by atoms with E-state index in [9.17, 15) is 39.9 Å². The SMILES string of the molecule is COC(=O)C1=CO[C@@H](O[C@@H]2O[C@H](CO)[C@@H](O)[C@H](O)[C@H]2O)C2C1C=CC21C=C([C@@H](C)OC(=O)/C=C/c2ccc(O)cc2)C(=O)O1. The average Bonchev–Trinajstić information content (AvgIpc) is 3.56. The number of ether oxygens (including phenoxy) is 6. The molecule has 236 valence electrons. The van der Waals surface area contributed by atoms with Gasteiger partial charge in [0, 0.05) is 12.0 Å². The van der Waals surface area contributed by atoms with Crippen LogP contribution in [0.1, 0.15) is 12.5 Å². The molecule has 10 atom stereocenters. The minimum Gasteiger partial charge on any atom is -0.508 e. The van der Waals surface area contributed by atoms with Crippen molar-refractivity contribution in [3.63, 3.8) is 0 Å². The van der Waals surface area contributed by atoms with E-state index in [-0.39, 0.29) is 16.9 Å². The van der Waals surface area contributed by atoms with Gasteiger partial charge in [0.2, 0.25) is 6.29 Å². The van der Waals surface area contributed by atoms with Gasteiger partial charge in [-0.2, -0.15) is 0 Å². The molecular weight excluding hydrogens is 584 g/mol. The van der Waals surface area contributed by atoms with E-state index in [4.69, 9.17) is 28.4 Å². The first-order valence-corrected chi connectivity index (χ1v) is 13.7. The van der Waals surface area contributed by atoms with Gasteiger partial charge in [0.1, 0.15) is 36.3 Å². The fraction of sp³-hybridized carbons (Fsp3) is 0.433. The zero-order valence-corrected chi connectivity index (χ0v) is 23.6. The first-order valence-electron chi connectivity index (χ1n) is 13.7. The molecule has 14 heteroatoms. The number of aromatic hydroxyl groups is 1. The molecule has 0 radical (unpaired) electrons. The van der Waals surface area contributed by atoms with Gasteiger partial charge < -0.3 is 54.0 Å². The van der Waals surface area contributed by atoms with Crippen molar-refractivity contribution in [1.82, 2.24) is 0 Å². The molecule has 1 aromatic carbocycles.